The number of pyridine rings is 1. The smallest absolute Gasteiger partial charge is 0.251 e. The van der Waals surface area contributed by atoms with Gasteiger partial charge in [0.05, 0.1) is 18.5 Å². The minimum absolute atomic E-state index is 0.0689. The molecule has 2 aliphatic heterocycles. The number of carbonyl (C=O) groups is 1. The second-order valence-corrected chi connectivity index (χ2v) is 10.5. The van der Waals surface area contributed by atoms with Crippen LogP contribution in [-0.4, -0.2) is 53.7 Å². The number of amides is 1. The van der Waals surface area contributed by atoms with E-state index in [2.05, 4.69) is 32.7 Å². The monoisotopic (exact) mass is 559 g/mol. The van der Waals surface area contributed by atoms with Crippen LogP contribution in [0.5, 0.6) is 5.75 Å². The van der Waals surface area contributed by atoms with E-state index in [-0.39, 0.29) is 23.6 Å². The first kappa shape index (κ1) is 27.2. The van der Waals surface area contributed by atoms with E-state index in [9.17, 15) is 4.79 Å². The Morgan fingerprint density at radius 1 is 1.00 bits per heavy atom. The van der Waals surface area contributed by atoms with Gasteiger partial charge in [-0.25, -0.2) is 4.98 Å². The number of ether oxygens (including phenoxy) is 1. The first-order valence-corrected chi connectivity index (χ1v) is 14.1. The molecule has 9 heteroatoms. The van der Waals surface area contributed by atoms with Crippen LogP contribution in [0.3, 0.4) is 0 Å². The standard InChI is InChI=1S/C33H33N7O2/c1-42-26-7-4-6-24(20-26)33(41)37-25-15-18-39(19-16-25)21-22-11-13-23(14-12-22)30(34)40-29-10-5-17-36-32(29)38-28-9-3-2-8-27(28)31(40)35/h2-14,17,20,25,34-35H,15-16,18-19,21H2,1H3,(H,36,38)(H,37,41). The Balaban J connectivity index is 1.09. The Labute approximate surface area is 245 Å². The van der Waals surface area contributed by atoms with E-state index in [1.54, 1.807) is 30.3 Å². The molecule has 3 aromatic carbocycles. The maximum Gasteiger partial charge on any atom is 0.251 e. The zero-order chi connectivity index (χ0) is 29.1. The van der Waals surface area contributed by atoms with E-state index in [4.69, 9.17) is 15.6 Å². The molecule has 9 nitrogen and oxygen atoms in total. The zero-order valence-corrected chi connectivity index (χ0v) is 23.4. The molecule has 212 valence electrons. The lowest BCUT2D eigenvalue weighted by Gasteiger charge is -2.32. The number of methoxy groups -OCH3 is 1. The van der Waals surface area contributed by atoms with Gasteiger partial charge in [-0.2, -0.15) is 0 Å². The summed E-state index contributed by atoms with van der Waals surface area (Å²) in [6.45, 7) is 2.58. The Hall–Kier alpha value is -5.02. The van der Waals surface area contributed by atoms with Crippen LogP contribution in [0.15, 0.2) is 91.1 Å². The van der Waals surface area contributed by atoms with Gasteiger partial charge in [-0.05, 0) is 60.9 Å². The molecule has 0 spiro atoms. The van der Waals surface area contributed by atoms with Crippen LogP contribution in [0.4, 0.5) is 17.2 Å². The Morgan fingerprint density at radius 2 is 1.79 bits per heavy atom. The van der Waals surface area contributed by atoms with Crippen molar-refractivity contribution in [2.75, 3.05) is 30.4 Å². The number of likely N-dealkylation sites (tertiary alicyclic amines) is 1. The largest absolute Gasteiger partial charge is 0.497 e. The molecule has 0 atom stereocenters. The van der Waals surface area contributed by atoms with Gasteiger partial charge in [0, 0.05) is 48.6 Å². The summed E-state index contributed by atoms with van der Waals surface area (Å²) in [6, 6.07) is 26.7. The summed E-state index contributed by atoms with van der Waals surface area (Å²) in [5.74, 6) is 1.65. The van der Waals surface area contributed by atoms with E-state index in [0.717, 1.165) is 49.3 Å². The third kappa shape index (κ3) is 5.59. The molecule has 0 bridgehead atoms. The van der Waals surface area contributed by atoms with E-state index >= 15 is 0 Å². The second kappa shape index (κ2) is 11.8. The molecular weight excluding hydrogens is 526 g/mol. The number of anilines is 3. The van der Waals surface area contributed by atoms with Gasteiger partial charge in [0.1, 0.15) is 17.4 Å². The molecule has 0 unspecified atom stereocenters. The van der Waals surface area contributed by atoms with Crippen LogP contribution >= 0.6 is 0 Å². The van der Waals surface area contributed by atoms with Crippen molar-refractivity contribution in [3.63, 3.8) is 0 Å². The molecule has 6 rings (SSSR count). The molecule has 0 radical (unpaired) electrons. The summed E-state index contributed by atoms with van der Waals surface area (Å²) in [5, 5.41) is 24.6. The highest BCUT2D eigenvalue weighted by Crippen LogP contribution is 2.34. The minimum atomic E-state index is -0.0689. The number of piperidine rings is 1. The highest BCUT2D eigenvalue weighted by atomic mass is 16.5. The second-order valence-electron chi connectivity index (χ2n) is 10.5. The number of carbonyl (C=O) groups excluding carboxylic acids is 1. The van der Waals surface area contributed by atoms with Crippen LogP contribution in [0.1, 0.15) is 39.9 Å². The van der Waals surface area contributed by atoms with Crippen molar-refractivity contribution in [2.45, 2.75) is 25.4 Å². The number of nitrogens with one attached hydrogen (secondary N) is 4. The quantitative estimate of drug-likeness (QED) is 0.186. The number of hydrogen-bond donors (Lipinski definition) is 4. The molecule has 1 saturated heterocycles. The molecule has 42 heavy (non-hydrogen) atoms. The maximum absolute atomic E-state index is 12.7. The number of aromatic nitrogens is 1. The number of amidine groups is 2. The normalized spacial score (nSPS) is 15.2. The van der Waals surface area contributed by atoms with E-state index < -0.39 is 0 Å². The average Bonchev–Trinajstić information content (AvgIpc) is 3.15. The van der Waals surface area contributed by atoms with Crippen molar-refractivity contribution < 1.29 is 9.53 Å². The predicted octanol–water partition coefficient (Wildman–Crippen LogP) is 5.40. The summed E-state index contributed by atoms with van der Waals surface area (Å²) in [7, 11) is 1.60. The molecule has 1 aromatic heterocycles. The lowest BCUT2D eigenvalue weighted by atomic mass is 10.0. The van der Waals surface area contributed by atoms with Gasteiger partial charge >= 0.3 is 0 Å². The molecule has 4 N–H and O–H groups in total. The third-order valence-corrected chi connectivity index (χ3v) is 7.80. The van der Waals surface area contributed by atoms with Gasteiger partial charge in [0.25, 0.3) is 5.91 Å². The van der Waals surface area contributed by atoms with E-state index in [1.165, 1.54) is 0 Å². The average molecular weight is 560 g/mol. The van der Waals surface area contributed by atoms with Crippen molar-refractivity contribution in [1.82, 2.24) is 15.2 Å². The lowest BCUT2D eigenvalue weighted by Crippen LogP contribution is -2.44. The molecule has 0 saturated carbocycles. The summed E-state index contributed by atoms with van der Waals surface area (Å²) in [6.07, 6.45) is 3.48. The summed E-state index contributed by atoms with van der Waals surface area (Å²) in [5.41, 5.74) is 4.64. The van der Waals surface area contributed by atoms with Crippen molar-refractivity contribution >= 4 is 34.8 Å². The van der Waals surface area contributed by atoms with Crippen LogP contribution in [0.2, 0.25) is 0 Å². The molecule has 0 aliphatic carbocycles. The number of benzene rings is 3. The van der Waals surface area contributed by atoms with Crippen LogP contribution in [-0.2, 0) is 6.54 Å². The fourth-order valence-electron chi connectivity index (χ4n) is 5.50. The Kier molecular flexibility index (Phi) is 7.66. The Morgan fingerprint density at radius 3 is 2.57 bits per heavy atom. The number of para-hydroxylation sites is 1. The first-order valence-electron chi connectivity index (χ1n) is 14.1. The van der Waals surface area contributed by atoms with E-state index in [1.807, 2.05) is 60.7 Å². The zero-order valence-electron chi connectivity index (χ0n) is 23.4. The lowest BCUT2D eigenvalue weighted by molar-refractivity contribution is 0.0908. The Bertz CT molecular complexity index is 1630. The summed E-state index contributed by atoms with van der Waals surface area (Å²) >= 11 is 0. The number of rotatable bonds is 6. The van der Waals surface area contributed by atoms with Crippen molar-refractivity contribution in [3.05, 3.63) is 113 Å². The van der Waals surface area contributed by atoms with Crippen LogP contribution in [0.25, 0.3) is 0 Å². The van der Waals surface area contributed by atoms with Gasteiger partial charge in [0.15, 0.2) is 5.82 Å². The summed E-state index contributed by atoms with van der Waals surface area (Å²) in [4.78, 5) is 21.2. The van der Waals surface area contributed by atoms with E-state index in [0.29, 0.717) is 28.4 Å². The highest BCUT2D eigenvalue weighted by molar-refractivity contribution is 6.30. The number of nitrogens with zero attached hydrogens (tertiary/aromatic N) is 3. The molecule has 1 fully saturated rings. The van der Waals surface area contributed by atoms with Crippen LogP contribution < -0.4 is 20.3 Å². The first-order chi connectivity index (χ1) is 20.5. The third-order valence-electron chi connectivity index (χ3n) is 7.80. The molecule has 4 aromatic rings. The van der Waals surface area contributed by atoms with Gasteiger partial charge in [-0.1, -0.05) is 42.5 Å². The van der Waals surface area contributed by atoms with Crippen LogP contribution in [0, 0.1) is 10.8 Å². The van der Waals surface area contributed by atoms with Crippen molar-refractivity contribution in [1.29, 1.82) is 10.8 Å². The highest BCUT2D eigenvalue weighted by Gasteiger charge is 2.28. The number of hydrogen-bond acceptors (Lipinski definition) is 7. The SMILES string of the molecule is COc1cccc(C(=O)NC2CCN(Cc3ccc(C(=N)N4C(=N)c5ccccc5Nc5ncccc54)cc3)CC2)c1. The molecule has 1 amide bonds. The summed E-state index contributed by atoms with van der Waals surface area (Å²) < 4.78 is 5.24. The topological polar surface area (TPSA) is 117 Å². The number of fused-ring (bicyclic) bond motifs is 2. The van der Waals surface area contributed by atoms with Gasteiger partial charge < -0.3 is 15.4 Å². The molecular formula is C33H33N7O2. The van der Waals surface area contributed by atoms with Gasteiger partial charge in [-0.15, -0.1) is 0 Å². The minimum Gasteiger partial charge on any atom is -0.497 e. The van der Waals surface area contributed by atoms with Crippen molar-refractivity contribution in [2.24, 2.45) is 0 Å². The van der Waals surface area contributed by atoms with Gasteiger partial charge in [0.2, 0.25) is 0 Å². The predicted molar refractivity (Wildman–Crippen MR) is 165 cm³/mol. The van der Waals surface area contributed by atoms with Gasteiger partial charge in [-0.3, -0.25) is 25.4 Å². The maximum atomic E-state index is 12.7. The fourth-order valence-corrected chi connectivity index (χ4v) is 5.50. The molecule has 3 heterocycles. The van der Waals surface area contributed by atoms with Crippen molar-refractivity contribution in [3.8, 4) is 5.75 Å². The fraction of sp³-hybridized carbons (Fsp3) is 0.212. The molecule has 2 aliphatic rings.